The molecule has 84 valence electrons. The van der Waals surface area contributed by atoms with Crippen molar-refractivity contribution in [2.24, 2.45) is 0 Å². The maximum atomic E-state index is 4.38. The van der Waals surface area contributed by atoms with Gasteiger partial charge in [-0.15, -0.1) is 0 Å². The smallest absolute Gasteiger partial charge is 0.0490 e. The molecule has 0 aliphatic heterocycles. The van der Waals surface area contributed by atoms with Gasteiger partial charge in [0.2, 0.25) is 0 Å². The molecular weight excluding hydrogens is 198 g/mol. The van der Waals surface area contributed by atoms with Gasteiger partial charge in [0.1, 0.15) is 0 Å². The molecule has 0 bridgehead atoms. The van der Waals surface area contributed by atoms with E-state index in [1.54, 1.807) is 6.20 Å². The molecular formula is C13H17N3. The number of nitrogens with one attached hydrogen (secondary N) is 1. The van der Waals surface area contributed by atoms with Crippen LogP contribution >= 0.6 is 0 Å². The fourth-order valence-electron chi connectivity index (χ4n) is 1.62. The molecule has 0 saturated heterocycles. The fourth-order valence-corrected chi connectivity index (χ4v) is 1.62. The Balaban J connectivity index is 2.23. The second kappa shape index (κ2) is 4.08. The largest absolute Gasteiger partial charge is 0.282 e. The van der Waals surface area contributed by atoms with Crippen LogP contribution in [0.4, 0.5) is 0 Å². The highest BCUT2D eigenvalue weighted by Gasteiger charge is 2.14. The molecule has 0 radical (unpaired) electrons. The van der Waals surface area contributed by atoms with Crippen molar-refractivity contribution in [2.75, 3.05) is 0 Å². The highest BCUT2D eigenvalue weighted by atomic mass is 15.1. The summed E-state index contributed by atoms with van der Waals surface area (Å²) in [5, 5.41) is 6.89. The summed E-state index contributed by atoms with van der Waals surface area (Å²) in [5.41, 5.74) is 3.67. The van der Waals surface area contributed by atoms with E-state index in [9.17, 15) is 0 Å². The third kappa shape index (κ3) is 2.48. The van der Waals surface area contributed by atoms with Crippen molar-refractivity contribution in [3.8, 4) is 0 Å². The van der Waals surface area contributed by atoms with Crippen LogP contribution in [0.3, 0.4) is 0 Å². The lowest BCUT2D eigenvalue weighted by Gasteiger charge is -2.19. The Labute approximate surface area is 95.9 Å². The van der Waals surface area contributed by atoms with Crippen molar-refractivity contribution in [1.29, 1.82) is 0 Å². The molecule has 0 aliphatic rings. The van der Waals surface area contributed by atoms with Crippen molar-refractivity contribution in [3.63, 3.8) is 0 Å². The molecule has 0 saturated carbocycles. The Bertz CT molecular complexity index is 452. The second-order valence-corrected chi connectivity index (χ2v) is 5.04. The summed E-state index contributed by atoms with van der Waals surface area (Å²) in [5.74, 6) is 0. The van der Waals surface area contributed by atoms with Crippen LogP contribution in [-0.4, -0.2) is 15.2 Å². The predicted molar refractivity (Wildman–Crippen MR) is 64.3 cm³/mol. The first-order chi connectivity index (χ1) is 7.55. The van der Waals surface area contributed by atoms with Crippen molar-refractivity contribution in [3.05, 3.63) is 47.5 Å². The van der Waals surface area contributed by atoms with Gasteiger partial charge in [0, 0.05) is 30.2 Å². The van der Waals surface area contributed by atoms with Crippen LogP contribution in [0, 0.1) is 0 Å². The molecule has 0 spiro atoms. The van der Waals surface area contributed by atoms with Crippen LogP contribution in [0.1, 0.15) is 37.7 Å². The lowest BCUT2D eigenvalue weighted by Crippen LogP contribution is -2.11. The van der Waals surface area contributed by atoms with Crippen LogP contribution in [0.25, 0.3) is 0 Å². The van der Waals surface area contributed by atoms with Crippen LogP contribution < -0.4 is 0 Å². The molecule has 2 aromatic rings. The summed E-state index contributed by atoms with van der Waals surface area (Å²) in [7, 11) is 0. The van der Waals surface area contributed by atoms with E-state index in [1.165, 1.54) is 5.56 Å². The first kappa shape index (κ1) is 10.9. The van der Waals surface area contributed by atoms with E-state index in [0.717, 1.165) is 17.8 Å². The molecule has 1 N–H and O–H groups in total. The number of aromatic amines is 1. The molecule has 0 amide bonds. The fraction of sp³-hybridized carbons (Fsp3) is 0.385. The summed E-state index contributed by atoms with van der Waals surface area (Å²) < 4.78 is 0. The van der Waals surface area contributed by atoms with E-state index in [2.05, 4.69) is 48.1 Å². The number of hydrogen-bond acceptors (Lipinski definition) is 2. The van der Waals surface area contributed by atoms with Crippen molar-refractivity contribution >= 4 is 0 Å². The van der Waals surface area contributed by atoms with Gasteiger partial charge in [-0.2, -0.15) is 5.10 Å². The maximum absolute atomic E-state index is 4.38. The minimum absolute atomic E-state index is 0.172. The van der Waals surface area contributed by atoms with Gasteiger partial charge < -0.3 is 0 Å². The highest BCUT2D eigenvalue weighted by molar-refractivity contribution is 5.25. The Morgan fingerprint density at radius 2 is 2.00 bits per heavy atom. The average molecular weight is 215 g/mol. The molecule has 0 aliphatic carbocycles. The van der Waals surface area contributed by atoms with Crippen LogP contribution in [0.2, 0.25) is 0 Å². The second-order valence-electron chi connectivity index (χ2n) is 5.04. The lowest BCUT2D eigenvalue weighted by molar-refractivity contribution is 0.588. The standard InChI is InChI=1S/C13H17N3/c1-13(2,3)10-4-6-14-12(8-10)9-11-5-7-15-16-11/h4-8H,9H2,1-3H3,(H,15,16). The molecule has 3 nitrogen and oxygen atoms in total. The topological polar surface area (TPSA) is 41.6 Å². The Morgan fingerprint density at radius 1 is 1.19 bits per heavy atom. The molecule has 2 heterocycles. The number of rotatable bonds is 2. The van der Waals surface area contributed by atoms with E-state index in [-0.39, 0.29) is 5.41 Å². The van der Waals surface area contributed by atoms with Crippen LogP contribution in [-0.2, 0) is 11.8 Å². The van der Waals surface area contributed by atoms with Gasteiger partial charge in [-0.1, -0.05) is 20.8 Å². The number of aromatic nitrogens is 3. The molecule has 0 unspecified atom stereocenters. The zero-order valence-electron chi connectivity index (χ0n) is 9.99. The van der Waals surface area contributed by atoms with Gasteiger partial charge in [-0.05, 0) is 29.2 Å². The average Bonchev–Trinajstić information content (AvgIpc) is 2.70. The van der Waals surface area contributed by atoms with Gasteiger partial charge in [0.25, 0.3) is 0 Å². The van der Waals surface area contributed by atoms with Crippen molar-refractivity contribution in [2.45, 2.75) is 32.6 Å². The quantitative estimate of drug-likeness (QED) is 0.836. The first-order valence-electron chi connectivity index (χ1n) is 5.49. The molecule has 0 atom stereocenters. The number of pyridine rings is 1. The van der Waals surface area contributed by atoms with E-state index in [4.69, 9.17) is 0 Å². The molecule has 2 aromatic heterocycles. The van der Waals surface area contributed by atoms with Gasteiger partial charge in [-0.3, -0.25) is 10.1 Å². The summed E-state index contributed by atoms with van der Waals surface area (Å²) in [6, 6.07) is 6.22. The van der Waals surface area contributed by atoms with E-state index < -0.39 is 0 Å². The van der Waals surface area contributed by atoms with Crippen LogP contribution in [0.15, 0.2) is 30.6 Å². The van der Waals surface area contributed by atoms with Crippen molar-refractivity contribution < 1.29 is 0 Å². The zero-order valence-corrected chi connectivity index (χ0v) is 9.99. The normalized spacial score (nSPS) is 11.7. The molecule has 16 heavy (non-hydrogen) atoms. The maximum Gasteiger partial charge on any atom is 0.0490 e. The van der Waals surface area contributed by atoms with Gasteiger partial charge in [0.05, 0.1) is 0 Å². The van der Waals surface area contributed by atoms with Gasteiger partial charge in [-0.25, -0.2) is 0 Å². The SMILES string of the molecule is CC(C)(C)c1ccnc(Cc2ccn[nH]2)c1. The predicted octanol–water partition coefficient (Wildman–Crippen LogP) is 2.69. The summed E-state index contributed by atoms with van der Waals surface area (Å²) in [6.45, 7) is 6.63. The molecule has 0 aromatic carbocycles. The van der Waals surface area contributed by atoms with E-state index >= 15 is 0 Å². The molecule has 0 fully saturated rings. The summed E-state index contributed by atoms with van der Waals surface area (Å²) >= 11 is 0. The highest BCUT2D eigenvalue weighted by Crippen LogP contribution is 2.22. The third-order valence-electron chi connectivity index (χ3n) is 2.61. The summed E-state index contributed by atoms with van der Waals surface area (Å²) in [6.07, 6.45) is 4.46. The third-order valence-corrected chi connectivity index (χ3v) is 2.61. The Morgan fingerprint density at radius 3 is 2.62 bits per heavy atom. The molecule has 2 rings (SSSR count). The summed E-state index contributed by atoms with van der Waals surface area (Å²) in [4.78, 5) is 4.38. The van der Waals surface area contributed by atoms with Crippen molar-refractivity contribution in [1.82, 2.24) is 15.2 Å². The lowest BCUT2D eigenvalue weighted by atomic mass is 9.87. The number of nitrogens with zero attached hydrogens (tertiary/aromatic N) is 2. The van der Waals surface area contributed by atoms with Gasteiger partial charge in [0.15, 0.2) is 0 Å². The van der Waals surface area contributed by atoms with E-state index in [0.29, 0.717) is 0 Å². The minimum Gasteiger partial charge on any atom is -0.282 e. The van der Waals surface area contributed by atoms with E-state index in [1.807, 2.05) is 12.3 Å². The zero-order chi connectivity index (χ0) is 11.6. The number of H-pyrrole nitrogens is 1. The van der Waals surface area contributed by atoms with Gasteiger partial charge >= 0.3 is 0 Å². The minimum atomic E-state index is 0.172. The first-order valence-corrected chi connectivity index (χ1v) is 5.49. The molecule has 3 heteroatoms. The Hall–Kier alpha value is -1.64. The van der Waals surface area contributed by atoms with Crippen LogP contribution in [0.5, 0.6) is 0 Å². The Kier molecular flexibility index (Phi) is 2.77. The number of hydrogen-bond donors (Lipinski definition) is 1. The monoisotopic (exact) mass is 215 g/mol.